The van der Waals surface area contributed by atoms with Gasteiger partial charge in [-0.2, -0.15) is 23.3 Å². The van der Waals surface area contributed by atoms with Crippen LogP contribution in [-0.4, -0.2) is 36.6 Å². The number of benzene rings is 2. The molecule has 2 aromatic rings. The van der Waals surface area contributed by atoms with Gasteiger partial charge >= 0.3 is 12.1 Å². The number of hydrogen-bond acceptors (Lipinski definition) is 5. The molecule has 1 atom stereocenters. The summed E-state index contributed by atoms with van der Waals surface area (Å²) in [6.45, 7) is 5.61. The number of carbonyl (C=O) groups is 3. The number of halogens is 3. The average Bonchev–Trinajstić information content (AvgIpc) is 2.77. The maximum atomic E-state index is 13.2. The van der Waals surface area contributed by atoms with Gasteiger partial charge in [-0.15, -0.1) is 0 Å². The molecule has 0 unspecified atom stereocenters. The van der Waals surface area contributed by atoms with Crippen LogP contribution in [0.3, 0.4) is 0 Å². The van der Waals surface area contributed by atoms with Gasteiger partial charge < -0.3 is 10.1 Å². The quantitative estimate of drug-likeness (QED) is 0.368. The number of alkyl halides is 3. The molecule has 0 bridgehead atoms. The summed E-state index contributed by atoms with van der Waals surface area (Å²) < 4.78 is 44.5. The Morgan fingerprint density at radius 1 is 1.06 bits per heavy atom. The fourth-order valence-electron chi connectivity index (χ4n) is 2.54. The van der Waals surface area contributed by atoms with E-state index in [-0.39, 0.29) is 11.6 Å². The Bertz CT molecular complexity index is 1050. The maximum Gasteiger partial charge on any atom is 0.416 e. The summed E-state index contributed by atoms with van der Waals surface area (Å²) in [5.41, 5.74) is -1.26. The zero-order valence-corrected chi connectivity index (χ0v) is 19.2. The van der Waals surface area contributed by atoms with Crippen molar-refractivity contribution in [3.8, 4) is 0 Å². The Kier molecular flexibility index (Phi) is 8.56. The molecule has 0 aliphatic heterocycles. The van der Waals surface area contributed by atoms with Crippen molar-refractivity contribution in [3.63, 3.8) is 0 Å². The Morgan fingerprint density at radius 3 is 2.29 bits per heavy atom. The van der Waals surface area contributed by atoms with E-state index >= 15 is 0 Å². The lowest BCUT2D eigenvalue weighted by atomic mass is 9.95. The second kappa shape index (κ2) is 11.0. The number of ether oxygens (including phenoxy) is 1. The van der Waals surface area contributed by atoms with E-state index in [0.717, 1.165) is 23.2 Å². The van der Waals surface area contributed by atoms with E-state index in [0.29, 0.717) is 5.56 Å². The molecule has 2 amide bonds. The van der Waals surface area contributed by atoms with Crippen LogP contribution in [0, 0.1) is 5.41 Å². The van der Waals surface area contributed by atoms with Gasteiger partial charge in [-0.1, -0.05) is 57.2 Å². The maximum absolute atomic E-state index is 13.2. The monoisotopic (exact) mass is 477 g/mol. The van der Waals surface area contributed by atoms with Gasteiger partial charge in [-0.05, 0) is 30.7 Å². The molecule has 2 rings (SSSR count). The molecule has 10 heteroatoms. The summed E-state index contributed by atoms with van der Waals surface area (Å²) in [6, 6.07) is 11.6. The van der Waals surface area contributed by atoms with Crippen molar-refractivity contribution in [2.45, 2.75) is 39.9 Å². The van der Waals surface area contributed by atoms with Crippen molar-refractivity contribution in [2.75, 3.05) is 11.6 Å². The molecule has 0 radical (unpaired) electrons. The van der Waals surface area contributed by atoms with Crippen LogP contribution in [0.25, 0.3) is 0 Å². The second-order valence-electron chi connectivity index (χ2n) is 8.46. The predicted octanol–water partition coefficient (Wildman–Crippen LogP) is 4.17. The Labute approximate surface area is 195 Å². The van der Waals surface area contributed by atoms with Crippen molar-refractivity contribution in [1.29, 1.82) is 0 Å². The fourth-order valence-corrected chi connectivity index (χ4v) is 2.54. The fraction of sp³-hybridized carbons (Fsp3) is 0.333. The van der Waals surface area contributed by atoms with Gasteiger partial charge in [0.05, 0.1) is 17.5 Å². The van der Waals surface area contributed by atoms with Crippen LogP contribution < -0.4 is 10.3 Å². The topological polar surface area (TPSA) is 88.1 Å². The van der Waals surface area contributed by atoms with Crippen LogP contribution >= 0.6 is 0 Å². The minimum absolute atomic E-state index is 0.155. The van der Waals surface area contributed by atoms with Crippen LogP contribution in [-0.2, 0) is 25.3 Å². The van der Waals surface area contributed by atoms with Gasteiger partial charge in [-0.25, -0.2) is 4.79 Å². The molecule has 34 heavy (non-hydrogen) atoms. The first-order valence-corrected chi connectivity index (χ1v) is 10.4. The van der Waals surface area contributed by atoms with Gasteiger partial charge in [0.1, 0.15) is 6.04 Å². The van der Waals surface area contributed by atoms with E-state index in [1.165, 1.54) is 19.2 Å². The third-order valence-electron chi connectivity index (χ3n) is 4.50. The largest absolute Gasteiger partial charge is 0.454 e. The lowest BCUT2D eigenvalue weighted by Crippen LogP contribution is -2.45. The van der Waals surface area contributed by atoms with Crippen LogP contribution in [0.1, 0.15) is 38.8 Å². The van der Waals surface area contributed by atoms with Gasteiger partial charge in [0.2, 0.25) is 5.91 Å². The minimum atomic E-state index is -4.62. The molecule has 0 aliphatic rings. The molecular weight excluding hydrogens is 451 g/mol. The summed E-state index contributed by atoms with van der Waals surface area (Å²) in [4.78, 5) is 37.1. The highest BCUT2D eigenvalue weighted by molar-refractivity contribution is 5.97. The van der Waals surface area contributed by atoms with Crippen molar-refractivity contribution >= 4 is 29.7 Å². The van der Waals surface area contributed by atoms with Crippen molar-refractivity contribution < 1.29 is 32.3 Å². The molecule has 0 saturated carbocycles. The summed E-state index contributed by atoms with van der Waals surface area (Å²) >= 11 is 0. The lowest BCUT2D eigenvalue weighted by molar-refractivity contribution is -0.151. The van der Waals surface area contributed by atoms with Crippen LogP contribution in [0.15, 0.2) is 59.7 Å². The summed E-state index contributed by atoms with van der Waals surface area (Å²) in [7, 11) is 0. The summed E-state index contributed by atoms with van der Waals surface area (Å²) in [6.07, 6.45) is -3.33. The zero-order valence-electron chi connectivity index (χ0n) is 19.2. The third-order valence-corrected chi connectivity index (χ3v) is 4.50. The number of anilines is 1. The number of esters is 1. The summed E-state index contributed by atoms with van der Waals surface area (Å²) in [5, 5.41) is 7.23. The van der Waals surface area contributed by atoms with Crippen LogP contribution in [0.4, 0.5) is 18.9 Å². The Balaban J connectivity index is 2.20. The molecule has 182 valence electrons. The lowest BCUT2D eigenvalue weighted by Gasteiger charge is -2.22. The SMILES string of the molecule is C[C@H](NC(=O)C(C)(C)C)C(=O)OCC(=O)N(N=Cc1ccccc1)c1cccc(C(F)(F)F)c1. The minimum Gasteiger partial charge on any atom is -0.454 e. The first-order chi connectivity index (χ1) is 15.8. The molecule has 2 aromatic carbocycles. The smallest absolute Gasteiger partial charge is 0.416 e. The molecule has 0 fully saturated rings. The van der Waals surface area contributed by atoms with Gasteiger partial charge in [0.25, 0.3) is 5.91 Å². The first-order valence-electron chi connectivity index (χ1n) is 10.4. The number of hydrazone groups is 1. The number of hydrogen-bond donors (Lipinski definition) is 1. The molecule has 1 N–H and O–H groups in total. The molecule has 0 spiro atoms. The Hall–Kier alpha value is -3.69. The first kappa shape index (κ1) is 26.6. The van der Waals surface area contributed by atoms with Crippen LogP contribution in [0.2, 0.25) is 0 Å². The molecule has 0 saturated heterocycles. The highest BCUT2D eigenvalue weighted by atomic mass is 19.4. The standard InChI is InChI=1S/C24H26F3N3O4/c1-16(29-22(33)23(2,3)4)21(32)34-15-20(31)30(28-14-17-9-6-5-7-10-17)19-12-8-11-18(13-19)24(25,26)27/h5-14,16H,15H2,1-4H3,(H,29,33)/t16-/m0/s1. The summed E-state index contributed by atoms with van der Waals surface area (Å²) in [5.74, 6) is -2.14. The van der Waals surface area contributed by atoms with Gasteiger partial charge in [-0.3, -0.25) is 9.59 Å². The van der Waals surface area contributed by atoms with Crippen molar-refractivity contribution in [2.24, 2.45) is 10.5 Å². The zero-order chi connectivity index (χ0) is 25.5. The second-order valence-corrected chi connectivity index (χ2v) is 8.46. The number of rotatable bonds is 7. The van der Waals surface area contributed by atoms with Gasteiger partial charge in [0.15, 0.2) is 6.61 Å². The number of amides is 2. The van der Waals surface area contributed by atoms with E-state index in [4.69, 9.17) is 4.74 Å². The van der Waals surface area contributed by atoms with Crippen molar-refractivity contribution in [1.82, 2.24) is 5.32 Å². The highest BCUT2D eigenvalue weighted by Gasteiger charge is 2.32. The van der Waals surface area contributed by atoms with E-state index in [9.17, 15) is 27.6 Å². The molecule has 0 aliphatic carbocycles. The Morgan fingerprint density at radius 2 is 1.71 bits per heavy atom. The van der Waals surface area contributed by atoms with Gasteiger partial charge in [0, 0.05) is 5.41 Å². The number of nitrogens with one attached hydrogen (secondary N) is 1. The van der Waals surface area contributed by atoms with E-state index in [2.05, 4.69) is 10.4 Å². The van der Waals surface area contributed by atoms with E-state index in [1.54, 1.807) is 51.1 Å². The normalized spacial score (nSPS) is 12.8. The highest BCUT2D eigenvalue weighted by Crippen LogP contribution is 2.31. The molecule has 7 nitrogen and oxygen atoms in total. The molecular formula is C24H26F3N3O4. The van der Waals surface area contributed by atoms with E-state index < -0.39 is 41.7 Å². The molecule has 0 heterocycles. The average molecular weight is 477 g/mol. The predicted molar refractivity (Wildman–Crippen MR) is 121 cm³/mol. The third kappa shape index (κ3) is 7.72. The molecule has 0 aromatic heterocycles. The van der Waals surface area contributed by atoms with E-state index in [1.807, 2.05) is 0 Å². The number of nitrogens with zero attached hydrogens (tertiary/aromatic N) is 2. The van der Waals surface area contributed by atoms with Crippen molar-refractivity contribution in [3.05, 3.63) is 65.7 Å². The number of carbonyl (C=O) groups excluding carboxylic acids is 3. The van der Waals surface area contributed by atoms with Crippen LogP contribution in [0.5, 0.6) is 0 Å².